The molecule has 3 aromatic rings. The highest BCUT2D eigenvalue weighted by atomic mass is 16.4. The van der Waals surface area contributed by atoms with E-state index in [-0.39, 0.29) is 17.7 Å². The number of fused-ring (bicyclic) bond motifs is 3. The lowest BCUT2D eigenvalue weighted by atomic mass is 9.84. The molecule has 1 aromatic heterocycles. The van der Waals surface area contributed by atoms with Gasteiger partial charge in [-0.05, 0) is 35.4 Å². The fraction of sp³-hybridized carbons (Fsp3) is 0.385. The zero-order chi connectivity index (χ0) is 22.0. The van der Waals surface area contributed by atoms with E-state index in [0.717, 1.165) is 13.0 Å². The van der Waals surface area contributed by atoms with Crippen LogP contribution in [-0.2, 0) is 29.1 Å². The van der Waals surface area contributed by atoms with Gasteiger partial charge in [0.2, 0.25) is 5.91 Å². The molecule has 1 amide bonds. The predicted octanol–water partition coefficient (Wildman–Crippen LogP) is 4.86. The molecule has 0 saturated heterocycles. The first-order valence-corrected chi connectivity index (χ1v) is 11.0. The maximum Gasteiger partial charge on any atom is 0.303 e. The molecule has 2 heterocycles. The fourth-order valence-electron chi connectivity index (χ4n) is 4.65. The van der Waals surface area contributed by atoms with E-state index in [1.807, 2.05) is 24.8 Å². The molecule has 0 unspecified atom stereocenters. The molecule has 2 aromatic carbocycles. The molecule has 5 nitrogen and oxygen atoms in total. The standard InChI is InChI=1S/C26H30N2O3/c1-26(2,16-25(30)31)14-12-24(29)27-15-13-21-20-10-6-7-11-22(20)28(23(21)18-27)17-19-8-4-3-5-9-19/h3-11H,12-18H2,1-2H3,(H,30,31). The zero-order valence-corrected chi connectivity index (χ0v) is 18.3. The number of carbonyl (C=O) groups is 2. The number of carbonyl (C=O) groups excluding carboxylic acids is 1. The van der Waals surface area contributed by atoms with Crippen LogP contribution in [0.4, 0.5) is 0 Å². The van der Waals surface area contributed by atoms with E-state index >= 15 is 0 Å². The molecule has 0 bridgehead atoms. The molecule has 0 saturated carbocycles. The summed E-state index contributed by atoms with van der Waals surface area (Å²) in [5.74, 6) is -0.703. The highest BCUT2D eigenvalue weighted by molar-refractivity contribution is 5.86. The van der Waals surface area contributed by atoms with Crippen molar-refractivity contribution in [3.8, 4) is 0 Å². The first-order valence-electron chi connectivity index (χ1n) is 11.0. The lowest BCUT2D eigenvalue weighted by molar-refractivity contribution is -0.140. The van der Waals surface area contributed by atoms with Crippen molar-refractivity contribution in [2.24, 2.45) is 5.41 Å². The molecule has 0 fully saturated rings. The minimum atomic E-state index is -0.814. The minimum Gasteiger partial charge on any atom is -0.481 e. The Bertz CT molecular complexity index is 1100. The van der Waals surface area contributed by atoms with Crippen LogP contribution in [0.1, 0.15) is 49.9 Å². The zero-order valence-electron chi connectivity index (χ0n) is 18.3. The number of benzene rings is 2. The third kappa shape index (κ3) is 4.66. The molecule has 1 aliphatic heterocycles. The number of hydrogen-bond donors (Lipinski definition) is 1. The van der Waals surface area contributed by atoms with Crippen LogP contribution >= 0.6 is 0 Å². The monoisotopic (exact) mass is 418 g/mol. The topological polar surface area (TPSA) is 62.5 Å². The van der Waals surface area contributed by atoms with E-state index in [1.165, 1.54) is 27.7 Å². The van der Waals surface area contributed by atoms with Crippen LogP contribution in [0.3, 0.4) is 0 Å². The lowest BCUT2D eigenvalue weighted by Crippen LogP contribution is -2.37. The Morgan fingerprint density at radius 1 is 1.03 bits per heavy atom. The third-order valence-corrected chi connectivity index (χ3v) is 6.35. The van der Waals surface area contributed by atoms with Crippen molar-refractivity contribution in [2.45, 2.75) is 52.6 Å². The number of amides is 1. The van der Waals surface area contributed by atoms with Crippen molar-refractivity contribution in [1.29, 1.82) is 0 Å². The van der Waals surface area contributed by atoms with E-state index in [0.29, 0.717) is 25.9 Å². The van der Waals surface area contributed by atoms with E-state index in [2.05, 4.69) is 53.1 Å². The Hall–Kier alpha value is -3.08. The molecule has 31 heavy (non-hydrogen) atoms. The molecular weight excluding hydrogens is 388 g/mol. The van der Waals surface area contributed by atoms with Crippen LogP contribution < -0.4 is 0 Å². The highest BCUT2D eigenvalue weighted by Crippen LogP contribution is 2.33. The van der Waals surface area contributed by atoms with Gasteiger partial charge >= 0.3 is 5.97 Å². The summed E-state index contributed by atoms with van der Waals surface area (Å²) in [5, 5.41) is 10.4. The quantitative estimate of drug-likeness (QED) is 0.596. The molecule has 0 spiro atoms. The number of aromatic nitrogens is 1. The summed E-state index contributed by atoms with van der Waals surface area (Å²) in [6.45, 7) is 5.94. The number of aliphatic carboxylic acids is 1. The van der Waals surface area contributed by atoms with Crippen LogP contribution in [0.2, 0.25) is 0 Å². The molecule has 5 heteroatoms. The van der Waals surface area contributed by atoms with Crippen molar-refractivity contribution in [2.75, 3.05) is 6.54 Å². The van der Waals surface area contributed by atoms with E-state index in [9.17, 15) is 9.59 Å². The van der Waals surface area contributed by atoms with Crippen molar-refractivity contribution >= 4 is 22.8 Å². The second kappa shape index (κ2) is 8.58. The summed E-state index contributed by atoms with van der Waals surface area (Å²) >= 11 is 0. The van der Waals surface area contributed by atoms with Crippen molar-refractivity contribution < 1.29 is 14.7 Å². The van der Waals surface area contributed by atoms with E-state index in [1.54, 1.807) is 0 Å². The Labute approximate surface area is 183 Å². The molecule has 1 N–H and O–H groups in total. The van der Waals surface area contributed by atoms with Gasteiger partial charge in [0.25, 0.3) is 0 Å². The summed E-state index contributed by atoms with van der Waals surface area (Å²) in [4.78, 5) is 26.0. The molecule has 162 valence electrons. The van der Waals surface area contributed by atoms with E-state index in [4.69, 9.17) is 5.11 Å². The average Bonchev–Trinajstić information content (AvgIpc) is 3.05. The van der Waals surface area contributed by atoms with Gasteiger partial charge in [-0.1, -0.05) is 62.4 Å². The molecule has 1 aliphatic rings. The van der Waals surface area contributed by atoms with Gasteiger partial charge in [0.1, 0.15) is 0 Å². The van der Waals surface area contributed by atoms with Gasteiger partial charge in [-0.25, -0.2) is 0 Å². The maximum absolute atomic E-state index is 13.0. The number of nitrogens with zero attached hydrogens (tertiary/aromatic N) is 2. The van der Waals surface area contributed by atoms with Gasteiger partial charge < -0.3 is 14.6 Å². The van der Waals surface area contributed by atoms with Crippen LogP contribution in [0.25, 0.3) is 10.9 Å². The van der Waals surface area contributed by atoms with Crippen molar-refractivity contribution in [3.63, 3.8) is 0 Å². The van der Waals surface area contributed by atoms with Gasteiger partial charge in [-0.3, -0.25) is 9.59 Å². The van der Waals surface area contributed by atoms with Gasteiger partial charge in [0, 0.05) is 36.1 Å². The number of para-hydroxylation sites is 1. The second-order valence-electron chi connectivity index (χ2n) is 9.31. The summed E-state index contributed by atoms with van der Waals surface area (Å²) in [5.41, 5.74) is 4.64. The number of carboxylic acid groups (broad SMARTS) is 1. The van der Waals surface area contributed by atoms with Crippen LogP contribution in [0.15, 0.2) is 54.6 Å². The first kappa shape index (κ1) is 21.2. The lowest BCUT2D eigenvalue weighted by Gasteiger charge is -2.30. The summed E-state index contributed by atoms with van der Waals surface area (Å²) < 4.78 is 2.35. The third-order valence-electron chi connectivity index (χ3n) is 6.35. The number of carboxylic acids is 1. The summed E-state index contributed by atoms with van der Waals surface area (Å²) in [6.07, 6.45) is 1.89. The number of rotatable bonds is 7. The Kier molecular flexibility index (Phi) is 5.86. The smallest absolute Gasteiger partial charge is 0.303 e. The first-order chi connectivity index (χ1) is 14.8. The van der Waals surface area contributed by atoms with Crippen LogP contribution in [-0.4, -0.2) is 33.0 Å². The summed E-state index contributed by atoms with van der Waals surface area (Å²) in [7, 11) is 0. The van der Waals surface area contributed by atoms with Gasteiger partial charge in [0.15, 0.2) is 0 Å². The van der Waals surface area contributed by atoms with Crippen molar-refractivity contribution in [1.82, 2.24) is 9.47 Å². The SMILES string of the molecule is CC(C)(CCC(=O)N1CCc2c(n(Cc3ccccc3)c3ccccc23)C1)CC(=O)O. The number of hydrogen-bond acceptors (Lipinski definition) is 2. The minimum absolute atomic E-state index is 0.0791. The molecule has 0 aliphatic carbocycles. The molecular formula is C26H30N2O3. The molecule has 0 atom stereocenters. The second-order valence-corrected chi connectivity index (χ2v) is 9.31. The normalized spacial score (nSPS) is 13.9. The Balaban J connectivity index is 1.57. The maximum atomic E-state index is 13.0. The highest BCUT2D eigenvalue weighted by Gasteiger charge is 2.28. The largest absolute Gasteiger partial charge is 0.481 e. The van der Waals surface area contributed by atoms with Gasteiger partial charge in [-0.2, -0.15) is 0 Å². The Morgan fingerprint density at radius 3 is 2.48 bits per heavy atom. The van der Waals surface area contributed by atoms with E-state index < -0.39 is 5.97 Å². The summed E-state index contributed by atoms with van der Waals surface area (Å²) in [6, 6.07) is 18.9. The van der Waals surface area contributed by atoms with Crippen molar-refractivity contribution in [3.05, 3.63) is 71.4 Å². The fourth-order valence-corrected chi connectivity index (χ4v) is 4.65. The Morgan fingerprint density at radius 2 is 1.74 bits per heavy atom. The van der Waals surface area contributed by atoms with Crippen LogP contribution in [0.5, 0.6) is 0 Å². The average molecular weight is 419 g/mol. The molecule has 4 rings (SSSR count). The predicted molar refractivity (Wildman–Crippen MR) is 122 cm³/mol. The van der Waals surface area contributed by atoms with Crippen LogP contribution in [0, 0.1) is 5.41 Å². The van der Waals surface area contributed by atoms with Gasteiger partial charge in [0.05, 0.1) is 13.0 Å². The van der Waals surface area contributed by atoms with Gasteiger partial charge in [-0.15, -0.1) is 0 Å². The molecule has 0 radical (unpaired) electrons.